The molecule has 174 valence electrons. The Hall–Kier alpha value is -2.96. The minimum atomic E-state index is -3.56. The van der Waals surface area contributed by atoms with Crippen LogP contribution in [0.3, 0.4) is 0 Å². The van der Waals surface area contributed by atoms with Crippen molar-refractivity contribution in [1.82, 2.24) is 19.4 Å². The number of rotatable bonds is 8. The Balaban J connectivity index is 1.23. The molecule has 0 unspecified atom stereocenters. The molecule has 1 aromatic heterocycles. The van der Waals surface area contributed by atoms with Crippen molar-refractivity contribution in [2.24, 2.45) is 0 Å². The maximum Gasteiger partial charge on any atom is 0.277 e. The van der Waals surface area contributed by atoms with Gasteiger partial charge in [0.25, 0.3) is 11.1 Å². The van der Waals surface area contributed by atoms with Gasteiger partial charge in [-0.3, -0.25) is 4.79 Å². The summed E-state index contributed by atoms with van der Waals surface area (Å²) in [6.07, 6.45) is 0. The van der Waals surface area contributed by atoms with Crippen LogP contribution in [0.2, 0.25) is 0 Å². The Morgan fingerprint density at radius 1 is 1.03 bits per heavy atom. The van der Waals surface area contributed by atoms with E-state index in [9.17, 15) is 17.6 Å². The van der Waals surface area contributed by atoms with Crippen LogP contribution in [-0.4, -0.2) is 65.7 Å². The molecule has 0 bridgehead atoms. The van der Waals surface area contributed by atoms with Gasteiger partial charge in [-0.15, -0.1) is 10.2 Å². The maximum absolute atomic E-state index is 12.9. The number of amides is 1. The van der Waals surface area contributed by atoms with Crippen molar-refractivity contribution in [3.05, 3.63) is 66.3 Å². The van der Waals surface area contributed by atoms with Crippen molar-refractivity contribution < 1.29 is 26.8 Å². The summed E-state index contributed by atoms with van der Waals surface area (Å²) in [6, 6.07) is 13.8. The third-order valence-corrected chi connectivity index (χ3v) is 7.63. The molecule has 2 aromatic carbocycles. The third kappa shape index (κ3) is 5.89. The van der Waals surface area contributed by atoms with Gasteiger partial charge in [0.15, 0.2) is 6.61 Å². The second-order valence-electron chi connectivity index (χ2n) is 7.09. The lowest BCUT2D eigenvalue weighted by atomic mass is 10.3. The average molecular weight is 493 g/mol. The van der Waals surface area contributed by atoms with Crippen molar-refractivity contribution in [2.75, 3.05) is 31.9 Å². The van der Waals surface area contributed by atoms with E-state index >= 15 is 0 Å². The van der Waals surface area contributed by atoms with Crippen molar-refractivity contribution in [3.8, 4) is 5.75 Å². The number of nitrogens with zero attached hydrogens (tertiary/aromatic N) is 4. The molecule has 0 aliphatic carbocycles. The van der Waals surface area contributed by atoms with E-state index in [2.05, 4.69) is 10.2 Å². The fourth-order valence-electron chi connectivity index (χ4n) is 3.16. The molecule has 2 heterocycles. The SMILES string of the molecule is O=C(CSc1nnc(COc2ccc(F)cc2)o1)N1CCN(S(=O)(=O)c2ccccc2)CC1. The van der Waals surface area contributed by atoms with E-state index < -0.39 is 10.0 Å². The van der Waals surface area contributed by atoms with Gasteiger partial charge in [0, 0.05) is 26.2 Å². The van der Waals surface area contributed by atoms with Crippen LogP contribution in [0.5, 0.6) is 5.75 Å². The smallest absolute Gasteiger partial charge is 0.277 e. The summed E-state index contributed by atoms with van der Waals surface area (Å²) in [4.78, 5) is 14.4. The average Bonchev–Trinajstić information content (AvgIpc) is 3.31. The molecule has 9 nitrogen and oxygen atoms in total. The number of thioether (sulfide) groups is 1. The molecule has 0 saturated carbocycles. The zero-order valence-electron chi connectivity index (χ0n) is 17.5. The molecule has 1 saturated heterocycles. The van der Waals surface area contributed by atoms with Gasteiger partial charge in [-0.1, -0.05) is 30.0 Å². The predicted octanol–water partition coefficient (Wildman–Crippen LogP) is 2.41. The first-order valence-electron chi connectivity index (χ1n) is 10.1. The zero-order chi connectivity index (χ0) is 23.3. The second-order valence-corrected chi connectivity index (χ2v) is 9.96. The minimum absolute atomic E-state index is 0.0188. The molecule has 1 fully saturated rings. The Bertz CT molecular complexity index is 1180. The van der Waals surface area contributed by atoms with Crippen LogP contribution in [0.15, 0.2) is 69.1 Å². The van der Waals surface area contributed by atoms with Gasteiger partial charge in [-0.25, -0.2) is 12.8 Å². The van der Waals surface area contributed by atoms with Crippen LogP contribution in [0, 0.1) is 5.82 Å². The number of hydrogen-bond acceptors (Lipinski definition) is 8. The largest absolute Gasteiger partial charge is 0.484 e. The highest BCUT2D eigenvalue weighted by Crippen LogP contribution is 2.20. The molecule has 12 heteroatoms. The quantitative estimate of drug-likeness (QED) is 0.442. The van der Waals surface area contributed by atoms with Gasteiger partial charge in [0.1, 0.15) is 11.6 Å². The van der Waals surface area contributed by atoms with Gasteiger partial charge in [-0.2, -0.15) is 4.31 Å². The molecular weight excluding hydrogens is 471 g/mol. The summed E-state index contributed by atoms with van der Waals surface area (Å²) in [5.74, 6) is 0.287. The van der Waals surface area contributed by atoms with Crippen LogP contribution in [-0.2, 0) is 21.4 Å². The molecule has 0 N–H and O–H groups in total. The number of piperazine rings is 1. The van der Waals surface area contributed by atoms with Crippen molar-refractivity contribution >= 4 is 27.7 Å². The summed E-state index contributed by atoms with van der Waals surface area (Å²) < 4.78 is 50.6. The maximum atomic E-state index is 12.9. The van der Waals surface area contributed by atoms with Crippen LogP contribution in [0.1, 0.15) is 5.89 Å². The Kier molecular flexibility index (Phi) is 7.26. The molecule has 0 atom stereocenters. The fourth-order valence-corrected chi connectivity index (χ4v) is 5.29. The highest BCUT2D eigenvalue weighted by molar-refractivity contribution is 7.99. The molecule has 1 amide bonds. The first kappa shape index (κ1) is 23.2. The van der Waals surface area contributed by atoms with E-state index in [1.165, 1.54) is 28.6 Å². The number of aromatic nitrogens is 2. The van der Waals surface area contributed by atoms with Crippen molar-refractivity contribution in [1.29, 1.82) is 0 Å². The van der Waals surface area contributed by atoms with Gasteiger partial charge in [0.2, 0.25) is 15.9 Å². The summed E-state index contributed by atoms with van der Waals surface area (Å²) in [5, 5.41) is 7.98. The van der Waals surface area contributed by atoms with Gasteiger partial charge >= 0.3 is 0 Å². The molecule has 33 heavy (non-hydrogen) atoms. The van der Waals surface area contributed by atoms with Gasteiger partial charge < -0.3 is 14.1 Å². The normalized spacial score (nSPS) is 14.9. The van der Waals surface area contributed by atoms with E-state index in [1.807, 2.05) is 0 Å². The van der Waals surface area contributed by atoms with E-state index in [1.54, 1.807) is 35.2 Å². The van der Waals surface area contributed by atoms with Crippen molar-refractivity contribution in [3.63, 3.8) is 0 Å². The minimum Gasteiger partial charge on any atom is -0.484 e. The molecule has 4 rings (SSSR count). The number of hydrogen-bond donors (Lipinski definition) is 0. The predicted molar refractivity (Wildman–Crippen MR) is 118 cm³/mol. The first-order valence-corrected chi connectivity index (χ1v) is 12.5. The summed E-state index contributed by atoms with van der Waals surface area (Å²) in [5.41, 5.74) is 0. The lowest BCUT2D eigenvalue weighted by molar-refractivity contribution is -0.129. The number of carbonyl (C=O) groups is 1. The molecule has 0 radical (unpaired) electrons. The Labute approximate surface area is 194 Å². The van der Waals surface area contributed by atoms with E-state index in [0.29, 0.717) is 18.8 Å². The zero-order valence-corrected chi connectivity index (χ0v) is 19.1. The monoisotopic (exact) mass is 492 g/mol. The first-order chi connectivity index (χ1) is 15.9. The van der Waals surface area contributed by atoms with Crippen LogP contribution in [0.25, 0.3) is 0 Å². The number of halogens is 1. The summed E-state index contributed by atoms with van der Waals surface area (Å²) in [7, 11) is -3.56. The number of benzene rings is 2. The molecular formula is C21H21FN4O5S2. The number of ether oxygens (including phenoxy) is 1. The number of sulfonamides is 1. The number of carbonyl (C=O) groups excluding carboxylic acids is 1. The van der Waals surface area contributed by atoms with E-state index in [4.69, 9.17) is 9.15 Å². The fraction of sp³-hybridized carbons (Fsp3) is 0.286. The Morgan fingerprint density at radius 2 is 1.73 bits per heavy atom. The molecule has 1 aliphatic rings. The topological polar surface area (TPSA) is 106 Å². The van der Waals surface area contributed by atoms with Crippen LogP contribution < -0.4 is 4.74 Å². The second kappa shape index (κ2) is 10.3. The summed E-state index contributed by atoms with van der Waals surface area (Å²) >= 11 is 1.10. The lowest BCUT2D eigenvalue weighted by Gasteiger charge is -2.33. The lowest BCUT2D eigenvalue weighted by Crippen LogP contribution is -2.50. The summed E-state index contributed by atoms with van der Waals surface area (Å²) in [6.45, 7) is 1.11. The van der Waals surface area contributed by atoms with Crippen LogP contribution >= 0.6 is 11.8 Å². The highest BCUT2D eigenvalue weighted by Gasteiger charge is 2.30. The standard InChI is InChI=1S/C21H21FN4O5S2/c22-16-6-8-17(9-7-16)30-14-19-23-24-21(31-19)32-15-20(27)25-10-12-26(13-11-25)33(28,29)18-4-2-1-3-5-18/h1-9H,10-15H2. The third-order valence-electron chi connectivity index (χ3n) is 4.92. The molecule has 3 aromatic rings. The Morgan fingerprint density at radius 3 is 2.42 bits per heavy atom. The molecule has 1 aliphatic heterocycles. The molecule has 0 spiro atoms. The van der Waals surface area contributed by atoms with E-state index in [0.717, 1.165) is 11.8 Å². The van der Waals surface area contributed by atoms with Gasteiger partial charge in [-0.05, 0) is 36.4 Å². The van der Waals surface area contributed by atoms with E-state index in [-0.39, 0.29) is 53.2 Å². The van der Waals surface area contributed by atoms with Crippen LogP contribution in [0.4, 0.5) is 4.39 Å². The van der Waals surface area contributed by atoms with Gasteiger partial charge in [0.05, 0.1) is 10.6 Å². The highest BCUT2D eigenvalue weighted by atomic mass is 32.2. The van der Waals surface area contributed by atoms with Crippen molar-refractivity contribution in [2.45, 2.75) is 16.7 Å².